The van der Waals surface area contributed by atoms with Crippen LogP contribution in [-0.4, -0.2) is 23.8 Å². The van der Waals surface area contributed by atoms with E-state index < -0.39 is 5.91 Å². The summed E-state index contributed by atoms with van der Waals surface area (Å²) in [6.07, 6.45) is 4.66. The Morgan fingerprint density at radius 3 is 2.70 bits per heavy atom. The van der Waals surface area contributed by atoms with Gasteiger partial charge in [-0.2, -0.15) is 0 Å². The molecule has 0 saturated carbocycles. The van der Waals surface area contributed by atoms with Crippen LogP contribution in [0.15, 0.2) is 36.7 Å². The minimum atomic E-state index is -0.450. The lowest BCUT2D eigenvalue weighted by molar-refractivity contribution is -0.118. The van der Waals surface area contributed by atoms with Gasteiger partial charge in [-0.05, 0) is 48.2 Å². The number of fused-ring (bicyclic) bond motifs is 1. The molecule has 2 N–H and O–H groups in total. The van der Waals surface area contributed by atoms with Gasteiger partial charge in [0, 0.05) is 37.1 Å². The predicted molar refractivity (Wildman–Crippen MR) is 88.6 cm³/mol. The molecule has 1 aromatic carbocycles. The van der Waals surface area contributed by atoms with Crippen molar-refractivity contribution in [3.63, 3.8) is 0 Å². The molecule has 0 unspecified atom stereocenters. The molecule has 5 heteroatoms. The predicted octanol–water partition coefficient (Wildman–Crippen LogP) is 2.09. The summed E-state index contributed by atoms with van der Waals surface area (Å²) in [5.74, 6) is 0.178. The van der Waals surface area contributed by atoms with Crippen molar-refractivity contribution in [2.24, 2.45) is 5.73 Å². The summed E-state index contributed by atoms with van der Waals surface area (Å²) < 4.78 is 0. The van der Waals surface area contributed by atoms with E-state index in [-0.39, 0.29) is 5.91 Å². The van der Waals surface area contributed by atoms with Crippen LogP contribution in [-0.2, 0) is 16.0 Å². The third-order valence-corrected chi connectivity index (χ3v) is 4.30. The van der Waals surface area contributed by atoms with Gasteiger partial charge in [-0.3, -0.25) is 14.6 Å². The number of hydrogen-bond donors (Lipinski definition) is 1. The van der Waals surface area contributed by atoms with Crippen LogP contribution >= 0.6 is 0 Å². The largest absolute Gasteiger partial charge is 0.369 e. The van der Waals surface area contributed by atoms with Gasteiger partial charge in [0.1, 0.15) is 0 Å². The summed E-state index contributed by atoms with van der Waals surface area (Å²) in [6.45, 7) is 1.69. The van der Waals surface area contributed by atoms with E-state index in [9.17, 15) is 9.59 Å². The van der Waals surface area contributed by atoms with Crippen LogP contribution in [0.1, 0.15) is 24.5 Å². The van der Waals surface area contributed by atoms with Gasteiger partial charge >= 0.3 is 0 Å². The number of amides is 2. The Morgan fingerprint density at radius 1 is 1.17 bits per heavy atom. The van der Waals surface area contributed by atoms with E-state index in [1.807, 2.05) is 18.2 Å². The van der Waals surface area contributed by atoms with Gasteiger partial charge in [-0.25, -0.2) is 0 Å². The molecule has 2 heterocycles. The molecule has 0 fully saturated rings. The minimum absolute atomic E-state index is 0.139. The highest BCUT2D eigenvalue weighted by Crippen LogP contribution is 2.31. The molecule has 0 spiro atoms. The van der Waals surface area contributed by atoms with Crippen molar-refractivity contribution >= 4 is 17.5 Å². The first-order valence-electron chi connectivity index (χ1n) is 7.46. The third-order valence-electron chi connectivity index (χ3n) is 4.30. The van der Waals surface area contributed by atoms with Crippen LogP contribution in [0, 0.1) is 5.92 Å². The second-order valence-electron chi connectivity index (χ2n) is 5.75. The number of aromatic nitrogens is 1. The van der Waals surface area contributed by atoms with Gasteiger partial charge in [-0.1, -0.05) is 6.07 Å². The zero-order valence-electron chi connectivity index (χ0n) is 13.2. The van der Waals surface area contributed by atoms with Gasteiger partial charge in [0.05, 0.1) is 5.92 Å². The Balaban J connectivity index is 1.99. The lowest BCUT2D eigenvalue weighted by Gasteiger charge is -2.26. The molecule has 0 aliphatic carbocycles. The number of anilines is 1. The standard InChI is InChI=1S/C18H18N3O2/c1-11(18(19)23)14-8-15(10-20-9-14)12-3-5-16-13(7-12)4-6-17(22)21(16)2/h3,5,7-10H,4,6H2,1-2H3,(H2,19,23). The van der Waals surface area contributed by atoms with Crippen molar-refractivity contribution in [1.29, 1.82) is 0 Å². The van der Waals surface area contributed by atoms with Gasteiger partial charge in [0.15, 0.2) is 0 Å². The van der Waals surface area contributed by atoms with Crippen molar-refractivity contribution in [2.75, 3.05) is 11.9 Å². The normalized spacial score (nSPS) is 14.0. The van der Waals surface area contributed by atoms with E-state index in [0.717, 1.165) is 34.4 Å². The van der Waals surface area contributed by atoms with E-state index in [0.29, 0.717) is 12.3 Å². The van der Waals surface area contributed by atoms with Crippen LogP contribution in [0.25, 0.3) is 11.1 Å². The van der Waals surface area contributed by atoms with E-state index in [1.54, 1.807) is 31.3 Å². The first-order chi connectivity index (χ1) is 11.0. The maximum Gasteiger partial charge on any atom is 0.229 e. The Kier molecular flexibility index (Phi) is 3.86. The quantitative estimate of drug-likeness (QED) is 0.943. The molecule has 0 bridgehead atoms. The second kappa shape index (κ2) is 5.83. The molecule has 1 aliphatic heterocycles. The van der Waals surface area contributed by atoms with Crippen LogP contribution in [0.3, 0.4) is 0 Å². The number of nitrogens with two attached hydrogens (primary N) is 1. The Morgan fingerprint density at radius 2 is 1.96 bits per heavy atom. The smallest absolute Gasteiger partial charge is 0.229 e. The van der Waals surface area contributed by atoms with E-state index >= 15 is 0 Å². The monoisotopic (exact) mass is 308 g/mol. The molecule has 1 aliphatic rings. The topological polar surface area (TPSA) is 76.3 Å². The number of nitrogens with zero attached hydrogens (tertiary/aromatic N) is 2. The molecular weight excluding hydrogens is 290 g/mol. The lowest BCUT2D eigenvalue weighted by atomic mass is 9.94. The van der Waals surface area contributed by atoms with Crippen LogP contribution in [0.4, 0.5) is 5.69 Å². The van der Waals surface area contributed by atoms with E-state index in [1.165, 1.54) is 0 Å². The molecule has 0 saturated heterocycles. The molecule has 2 aromatic rings. The Hall–Kier alpha value is -2.69. The van der Waals surface area contributed by atoms with Crippen molar-refractivity contribution < 1.29 is 9.59 Å². The number of primary amides is 1. The highest BCUT2D eigenvalue weighted by molar-refractivity contribution is 5.96. The zero-order valence-corrected chi connectivity index (χ0v) is 13.2. The van der Waals surface area contributed by atoms with E-state index in [2.05, 4.69) is 11.1 Å². The van der Waals surface area contributed by atoms with E-state index in [4.69, 9.17) is 5.73 Å². The van der Waals surface area contributed by atoms with Gasteiger partial charge in [0.25, 0.3) is 0 Å². The minimum Gasteiger partial charge on any atom is -0.369 e. The summed E-state index contributed by atoms with van der Waals surface area (Å²) in [7, 11) is 1.80. The maximum absolute atomic E-state index is 11.8. The molecular formula is C18H18N3O2. The summed E-state index contributed by atoms with van der Waals surface area (Å²) in [4.78, 5) is 29.0. The summed E-state index contributed by atoms with van der Waals surface area (Å²) in [5, 5.41) is 0. The van der Waals surface area contributed by atoms with Crippen LogP contribution in [0.2, 0.25) is 0 Å². The first kappa shape index (κ1) is 15.2. The van der Waals surface area contributed by atoms with Crippen molar-refractivity contribution in [2.45, 2.75) is 19.8 Å². The van der Waals surface area contributed by atoms with Crippen LogP contribution < -0.4 is 10.6 Å². The zero-order chi connectivity index (χ0) is 16.6. The molecule has 0 atom stereocenters. The third kappa shape index (κ3) is 2.82. The van der Waals surface area contributed by atoms with Gasteiger partial charge < -0.3 is 10.6 Å². The van der Waals surface area contributed by atoms with Gasteiger partial charge in [-0.15, -0.1) is 0 Å². The molecule has 2 amide bonds. The number of carbonyl (C=O) groups excluding carboxylic acids is 2. The highest BCUT2D eigenvalue weighted by Gasteiger charge is 2.21. The number of rotatable bonds is 3. The molecule has 117 valence electrons. The number of benzene rings is 1. The summed E-state index contributed by atoms with van der Waals surface area (Å²) in [6, 6.07) is 7.92. The lowest BCUT2D eigenvalue weighted by Crippen LogP contribution is -2.30. The number of aryl methyl sites for hydroxylation is 1. The highest BCUT2D eigenvalue weighted by atomic mass is 16.2. The fourth-order valence-corrected chi connectivity index (χ4v) is 2.78. The average molecular weight is 308 g/mol. The number of hydrogen-bond acceptors (Lipinski definition) is 3. The first-order valence-corrected chi connectivity index (χ1v) is 7.46. The van der Waals surface area contributed by atoms with Gasteiger partial charge in [0.2, 0.25) is 11.8 Å². The van der Waals surface area contributed by atoms with Crippen molar-refractivity contribution in [1.82, 2.24) is 4.98 Å². The summed E-state index contributed by atoms with van der Waals surface area (Å²) in [5.41, 5.74) is 10.1. The SMILES string of the molecule is C[C](C(N)=O)c1cncc(-c2ccc3c(c2)CCC(=O)N3C)c1. The molecule has 23 heavy (non-hydrogen) atoms. The number of carbonyl (C=O) groups is 2. The molecule has 1 radical (unpaired) electrons. The molecule has 3 rings (SSSR count). The fraction of sp³-hybridized carbons (Fsp3) is 0.222. The second-order valence-corrected chi connectivity index (χ2v) is 5.75. The maximum atomic E-state index is 11.8. The number of pyridine rings is 1. The summed E-state index contributed by atoms with van der Waals surface area (Å²) >= 11 is 0. The fourth-order valence-electron chi connectivity index (χ4n) is 2.78. The average Bonchev–Trinajstić information content (AvgIpc) is 2.57. The van der Waals surface area contributed by atoms with Crippen molar-refractivity contribution in [3.8, 4) is 11.1 Å². The molecule has 1 aromatic heterocycles. The molecule has 5 nitrogen and oxygen atoms in total. The Bertz CT molecular complexity index is 786. The Labute approximate surface area is 135 Å². The van der Waals surface area contributed by atoms with Crippen molar-refractivity contribution in [3.05, 3.63) is 53.7 Å². The van der Waals surface area contributed by atoms with Crippen LogP contribution in [0.5, 0.6) is 0 Å².